The maximum Gasteiger partial charge on any atom is 0.306 e. The number of nitrogens with one attached hydrogen (secondary N) is 1. The zero-order chi connectivity index (χ0) is 14.0. The van der Waals surface area contributed by atoms with Crippen molar-refractivity contribution in [3.8, 4) is 0 Å². The Kier molecular flexibility index (Phi) is 3.78. The lowest BCUT2D eigenvalue weighted by Crippen LogP contribution is -2.27. The molecule has 19 heavy (non-hydrogen) atoms. The second-order valence-corrected chi connectivity index (χ2v) is 6.31. The Morgan fingerprint density at radius 1 is 1.42 bits per heavy atom. The number of carboxylic acid groups (broad SMARTS) is 1. The number of carboxylic acids is 1. The first-order valence-corrected chi connectivity index (χ1v) is 6.85. The van der Waals surface area contributed by atoms with Crippen molar-refractivity contribution in [3.05, 3.63) is 23.4 Å². The quantitative estimate of drug-likeness (QED) is 0.804. The number of rotatable bonds is 2. The van der Waals surface area contributed by atoms with Gasteiger partial charge in [-0.2, -0.15) is 0 Å². The largest absolute Gasteiger partial charge is 0.481 e. The van der Waals surface area contributed by atoms with Gasteiger partial charge in [-0.15, -0.1) is 0 Å². The van der Waals surface area contributed by atoms with E-state index in [1.54, 1.807) is 0 Å². The van der Waals surface area contributed by atoms with Gasteiger partial charge in [-0.25, -0.2) is 4.98 Å². The molecule has 1 aromatic rings. The van der Waals surface area contributed by atoms with Crippen LogP contribution in [-0.2, 0) is 17.6 Å². The summed E-state index contributed by atoms with van der Waals surface area (Å²) in [6, 6.07) is 3.98. The van der Waals surface area contributed by atoms with Gasteiger partial charge in [0.15, 0.2) is 0 Å². The van der Waals surface area contributed by atoms with E-state index in [1.165, 1.54) is 0 Å². The molecule has 0 aromatic carbocycles. The summed E-state index contributed by atoms with van der Waals surface area (Å²) in [7, 11) is 0. The summed E-state index contributed by atoms with van der Waals surface area (Å²) in [5.41, 5.74) is 2.12. The topological polar surface area (TPSA) is 62.2 Å². The minimum atomic E-state index is -0.690. The van der Waals surface area contributed by atoms with Crippen LogP contribution in [0.2, 0.25) is 0 Å². The molecule has 0 spiro atoms. The van der Waals surface area contributed by atoms with Crippen molar-refractivity contribution in [2.75, 3.05) is 5.32 Å². The smallest absolute Gasteiger partial charge is 0.306 e. The molecule has 1 aliphatic carbocycles. The third kappa shape index (κ3) is 3.69. The van der Waals surface area contributed by atoms with Gasteiger partial charge in [0.25, 0.3) is 0 Å². The number of pyridine rings is 1. The van der Waals surface area contributed by atoms with E-state index in [0.717, 1.165) is 36.3 Å². The summed E-state index contributed by atoms with van der Waals surface area (Å²) in [5, 5.41) is 12.5. The summed E-state index contributed by atoms with van der Waals surface area (Å²) < 4.78 is 0. The zero-order valence-corrected chi connectivity index (χ0v) is 11.9. The average molecular weight is 262 g/mol. The first kappa shape index (κ1) is 13.8. The Hall–Kier alpha value is -1.58. The van der Waals surface area contributed by atoms with Gasteiger partial charge in [0.05, 0.1) is 5.92 Å². The lowest BCUT2D eigenvalue weighted by molar-refractivity contribution is -0.141. The predicted octanol–water partition coefficient (Wildman–Crippen LogP) is 2.87. The molecule has 0 unspecified atom stereocenters. The van der Waals surface area contributed by atoms with Crippen LogP contribution in [0.4, 0.5) is 5.82 Å². The number of hydrogen-bond acceptors (Lipinski definition) is 3. The third-order valence-electron chi connectivity index (χ3n) is 3.35. The van der Waals surface area contributed by atoms with Gasteiger partial charge in [-0.05, 0) is 58.1 Å². The van der Waals surface area contributed by atoms with E-state index in [2.05, 4.69) is 31.1 Å². The fourth-order valence-electron chi connectivity index (χ4n) is 2.48. The molecule has 0 radical (unpaired) electrons. The van der Waals surface area contributed by atoms with E-state index >= 15 is 0 Å². The zero-order valence-electron chi connectivity index (χ0n) is 11.9. The number of aliphatic carboxylic acids is 1. The molecule has 4 nitrogen and oxygen atoms in total. The van der Waals surface area contributed by atoms with Gasteiger partial charge in [-0.1, -0.05) is 6.07 Å². The molecular weight excluding hydrogens is 240 g/mol. The van der Waals surface area contributed by atoms with Crippen LogP contribution in [0, 0.1) is 5.92 Å². The Balaban J connectivity index is 2.22. The molecule has 0 aliphatic heterocycles. The first-order valence-electron chi connectivity index (χ1n) is 6.85. The van der Waals surface area contributed by atoms with Crippen molar-refractivity contribution in [2.24, 2.45) is 5.92 Å². The van der Waals surface area contributed by atoms with E-state index in [9.17, 15) is 4.79 Å². The van der Waals surface area contributed by atoms with Crippen LogP contribution >= 0.6 is 0 Å². The van der Waals surface area contributed by atoms with Crippen LogP contribution in [0.5, 0.6) is 0 Å². The second kappa shape index (κ2) is 5.19. The van der Waals surface area contributed by atoms with Crippen molar-refractivity contribution in [2.45, 2.75) is 52.0 Å². The lowest BCUT2D eigenvalue weighted by Gasteiger charge is -2.22. The molecule has 0 saturated heterocycles. The highest BCUT2D eigenvalue weighted by molar-refractivity contribution is 5.70. The normalized spacial score (nSPS) is 19.4. The molecule has 1 aromatic heterocycles. The lowest BCUT2D eigenvalue weighted by atomic mass is 9.98. The molecule has 1 heterocycles. The molecule has 1 atom stereocenters. The standard InChI is InChI=1S/C15H22N2O2/c1-15(2,3)17-13-8-7-10-9-11(14(18)19)5-4-6-12(10)16-13/h7-8,11H,4-6,9H2,1-3H3,(H,16,17)(H,18,19)/t11-/m1/s1. The van der Waals surface area contributed by atoms with Gasteiger partial charge in [0.2, 0.25) is 0 Å². The molecule has 0 amide bonds. The van der Waals surface area contributed by atoms with Gasteiger partial charge >= 0.3 is 5.97 Å². The second-order valence-electron chi connectivity index (χ2n) is 6.31. The summed E-state index contributed by atoms with van der Waals surface area (Å²) >= 11 is 0. The Bertz CT molecular complexity index is 478. The molecule has 0 saturated carbocycles. The highest BCUT2D eigenvalue weighted by atomic mass is 16.4. The number of fused-ring (bicyclic) bond motifs is 1. The number of hydrogen-bond donors (Lipinski definition) is 2. The van der Waals surface area contributed by atoms with Crippen LogP contribution in [-0.4, -0.2) is 21.6 Å². The van der Waals surface area contributed by atoms with Gasteiger partial charge in [0.1, 0.15) is 5.82 Å². The molecule has 0 bridgehead atoms. The first-order chi connectivity index (χ1) is 8.85. The number of aromatic nitrogens is 1. The SMILES string of the molecule is CC(C)(C)Nc1ccc2c(n1)CCC[C@@H](C(=O)O)C2. The number of nitrogens with zero attached hydrogens (tertiary/aromatic N) is 1. The molecule has 4 heteroatoms. The maximum absolute atomic E-state index is 11.1. The van der Waals surface area contributed by atoms with Crippen LogP contribution in [0.15, 0.2) is 12.1 Å². The van der Waals surface area contributed by atoms with Crippen molar-refractivity contribution >= 4 is 11.8 Å². The van der Waals surface area contributed by atoms with E-state index in [1.807, 2.05) is 12.1 Å². The van der Waals surface area contributed by atoms with E-state index in [0.29, 0.717) is 6.42 Å². The van der Waals surface area contributed by atoms with Crippen molar-refractivity contribution in [1.82, 2.24) is 4.98 Å². The minimum Gasteiger partial charge on any atom is -0.481 e. The van der Waals surface area contributed by atoms with Crippen molar-refractivity contribution < 1.29 is 9.90 Å². The summed E-state index contributed by atoms with van der Waals surface area (Å²) in [6.07, 6.45) is 3.12. The summed E-state index contributed by atoms with van der Waals surface area (Å²) in [6.45, 7) is 6.29. The Morgan fingerprint density at radius 3 is 2.79 bits per heavy atom. The van der Waals surface area contributed by atoms with Crippen molar-refractivity contribution in [1.29, 1.82) is 0 Å². The molecule has 2 N–H and O–H groups in total. The highest BCUT2D eigenvalue weighted by Crippen LogP contribution is 2.25. The molecule has 0 fully saturated rings. The minimum absolute atomic E-state index is 0.0183. The van der Waals surface area contributed by atoms with Crippen LogP contribution in [0.3, 0.4) is 0 Å². The van der Waals surface area contributed by atoms with E-state index < -0.39 is 5.97 Å². The number of anilines is 1. The highest BCUT2D eigenvalue weighted by Gasteiger charge is 2.23. The molecule has 1 aliphatic rings. The van der Waals surface area contributed by atoms with Crippen LogP contribution < -0.4 is 5.32 Å². The summed E-state index contributed by atoms with van der Waals surface area (Å²) in [5.74, 6) is -0.0748. The van der Waals surface area contributed by atoms with Crippen LogP contribution in [0.25, 0.3) is 0 Å². The van der Waals surface area contributed by atoms with Gasteiger partial charge in [0, 0.05) is 11.2 Å². The number of carbonyl (C=O) groups is 1. The van der Waals surface area contributed by atoms with Crippen molar-refractivity contribution in [3.63, 3.8) is 0 Å². The van der Waals surface area contributed by atoms with E-state index in [-0.39, 0.29) is 11.5 Å². The monoisotopic (exact) mass is 262 g/mol. The average Bonchev–Trinajstić information content (AvgIpc) is 2.48. The number of aryl methyl sites for hydroxylation is 1. The molecule has 2 rings (SSSR count). The molecule has 104 valence electrons. The summed E-state index contributed by atoms with van der Waals surface area (Å²) in [4.78, 5) is 15.8. The van der Waals surface area contributed by atoms with Crippen LogP contribution in [0.1, 0.15) is 44.9 Å². The maximum atomic E-state index is 11.1. The fraction of sp³-hybridized carbons (Fsp3) is 0.600. The Morgan fingerprint density at radius 2 is 2.16 bits per heavy atom. The Labute approximate surface area is 114 Å². The predicted molar refractivity (Wildman–Crippen MR) is 75.4 cm³/mol. The van der Waals surface area contributed by atoms with Gasteiger partial charge in [-0.3, -0.25) is 4.79 Å². The van der Waals surface area contributed by atoms with E-state index in [4.69, 9.17) is 5.11 Å². The third-order valence-corrected chi connectivity index (χ3v) is 3.35. The van der Waals surface area contributed by atoms with Gasteiger partial charge < -0.3 is 10.4 Å². The fourth-order valence-corrected chi connectivity index (χ4v) is 2.48. The molecular formula is C15H22N2O2.